The number of hydrogen-bond donors (Lipinski definition) is 4. The summed E-state index contributed by atoms with van der Waals surface area (Å²) in [4.78, 5) is 10.7. The van der Waals surface area contributed by atoms with Crippen molar-refractivity contribution in [2.24, 2.45) is 10.2 Å². The van der Waals surface area contributed by atoms with Crippen molar-refractivity contribution in [1.29, 1.82) is 0 Å². The quantitative estimate of drug-likeness (QED) is 0.0955. The Hall–Kier alpha value is -4.24. The molecule has 0 spiro atoms. The van der Waals surface area contributed by atoms with E-state index in [1.165, 1.54) is 37.4 Å². The molecule has 0 atom stereocenters. The normalized spacial score (nSPS) is 12.1. The van der Waals surface area contributed by atoms with Gasteiger partial charge in [-0.05, 0) is 47.9 Å². The maximum absolute atomic E-state index is 13.3. The molecule has 0 aliphatic rings. The molecule has 0 aliphatic carbocycles. The Balaban J connectivity index is 1.79. The Morgan fingerprint density at radius 3 is 2.35 bits per heavy atom. The van der Waals surface area contributed by atoms with Gasteiger partial charge in [-0.3, -0.25) is 13.7 Å². The second-order valence-electron chi connectivity index (χ2n) is 8.39. The monoisotopic (exact) mass is 603 g/mol. The number of fused-ring (bicyclic) bond motifs is 1. The average Bonchev–Trinajstić information content (AvgIpc) is 2.92. The van der Waals surface area contributed by atoms with Crippen molar-refractivity contribution < 1.29 is 31.3 Å². The number of carbonyl (C=O) groups excluding carboxylic acids is 1. The molecule has 12 nitrogen and oxygen atoms in total. The van der Waals surface area contributed by atoms with Gasteiger partial charge in [0.2, 0.25) is 5.91 Å². The second-order valence-corrected chi connectivity index (χ2v) is 12.0. The summed E-state index contributed by atoms with van der Waals surface area (Å²) in [5.41, 5.74) is 6.19. The van der Waals surface area contributed by atoms with E-state index in [2.05, 4.69) is 15.5 Å². The fourth-order valence-corrected chi connectivity index (χ4v) is 5.75. The van der Waals surface area contributed by atoms with E-state index in [9.17, 15) is 31.3 Å². The number of rotatable bonds is 8. The SMILES string of the molecule is CN(c1ccccc1)S(=O)(=O)c1cc(O)c2c(/N=N\c3ccc(NC(=O)CCl)cc3S(=O)(=O)O)c(N)ccc2c1. The third-order valence-corrected chi connectivity index (χ3v) is 8.64. The highest BCUT2D eigenvalue weighted by molar-refractivity contribution is 7.92. The number of nitrogen functional groups attached to an aromatic ring is 1. The van der Waals surface area contributed by atoms with Crippen molar-refractivity contribution >= 4 is 76.9 Å². The number of amides is 1. The number of nitrogens with one attached hydrogen (secondary N) is 1. The van der Waals surface area contributed by atoms with E-state index in [0.717, 1.165) is 16.4 Å². The molecular weight excluding hydrogens is 582 g/mol. The first-order valence-corrected chi connectivity index (χ1v) is 14.7. The molecular formula is C25H22ClN5O7S2. The van der Waals surface area contributed by atoms with Crippen LogP contribution in [-0.4, -0.2) is 45.3 Å². The number of azo groups is 1. The first-order valence-electron chi connectivity index (χ1n) is 11.3. The van der Waals surface area contributed by atoms with Crippen LogP contribution in [0.3, 0.4) is 0 Å². The Morgan fingerprint density at radius 1 is 1.00 bits per heavy atom. The first-order chi connectivity index (χ1) is 18.8. The van der Waals surface area contributed by atoms with Crippen molar-refractivity contribution in [2.45, 2.75) is 9.79 Å². The number of benzene rings is 4. The van der Waals surface area contributed by atoms with Crippen molar-refractivity contribution in [3.05, 3.63) is 72.8 Å². The number of anilines is 3. The van der Waals surface area contributed by atoms with Gasteiger partial charge in [0.15, 0.2) is 0 Å². The predicted molar refractivity (Wildman–Crippen MR) is 152 cm³/mol. The van der Waals surface area contributed by atoms with Gasteiger partial charge in [0.25, 0.3) is 20.1 Å². The lowest BCUT2D eigenvalue weighted by Gasteiger charge is -2.20. The van der Waals surface area contributed by atoms with Crippen LogP contribution in [0.5, 0.6) is 5.75 Å². The minimum atomic E-state index is -4.81. The van der Waals surface area contributed by atoms with Crippen LogP contribution in [0.4, 0.5) is 28.4 Å². The number of para-hydroxylation sites is 1. The number of aromatic hydroxyl groups is 1. The van der Waals surface area contributed by atoms with Crippen molar-refractivity contribution in [3.8, 4) is 5.75 Å². The van der Waals surface area contributed by atoms with Gasteiger partial charge in [0.05, 0.1) is 21.7 Å². The van der Waals surface area contributed by atoms with Crippen LogP contribution in [-0.2, 0) is 24.9 Å². The van der Waals surface area contributed by atoms with Gasteiger partial charge in [0.1, 0.15) is 27.9 Å². The number of sulfonamides is 1. The van der Waals surface area contributed by atoms with Crippen molar-refractivity contribution in [3.63, 3.8) is 0 Å². The highest BCUT2D eigenvalue weighted by Gasteiger charge is 2.24. The van der Waals surface area contributed by atoms with Crippen LogP contribution in [0.2, 0.25) is 0 Å². The fourth-order valence-electron chi connectivity index (χ4n) is 3.79. The van der Waals surface area contributed by atoms with Gasteiger partial charge < -0.3 is 16.2 Å². The Bertz CT molecular complexity index is 1870. The van der Waals surface area contributed by atoms with Gasteiger partial charge in [0, 0.05) is 18.8 Å². The summed E-state index contributed by atoms with van der Waals surface area (Å²) < 4.78 is 61.3. The minimum Gasteiger partial charge on any atom is -0.507 e. The van der Waals surface area contributed by atoms with E-state index in [1.54, 1.807) is 30.3 Å². The molecule has 0 heterocycles. The highest BCUT2D eigenvalue weighted by Crippen LogP contribution is 2.41. The van der Waals surface area contributed by atoms with Gasteiger partial charge in [-0.15, -0.1) is 21.8 Å². The van der Waals surface area contributed by atoms with Gasteiger partial charge in [-0.2, -0.15) is 8.42 Å². The topological polar surface area (TPSA) is 192 Å². The number of nitrogens with two attached hydrogens (primary N) is 1. The predicted octanol–water partition coefficient (Wildman–Crippen LogP) is 4.79. The summed E-state index contributed by atoms with van der Waals surface area (Å²) in [5.74, 6) is -1.45. The molecule has 4 aromatic rings. The number of phenolic OH excluding ortho intramolecular Hbond substituents is 1. The van der Waals surface area contributed by atoms with Crippen LogP contribution in [0.25, 0.3) is 10.8 Å². The molecule has 0 fully saturated rings. The van der Waals surface area contributed by atoms with E-state index in [-0.39, 0.29) is 44.3 Å². The van der Waals surface area contributed by atoms with Crippen molar-refractivity contribution in [1.82, 2.24) is 0 Å². The molecule has 208 valence electrons. The number of alkyl halides is 1. The lowest BCUT2D eigenvalue weighted by atomic mass is 10.1. The van der Waals surface area contributed by atoms with Crippen LogP contribution in [0.1, 0.15) is 0 Å². The molecule has 0 bridgehead atoms. The minimum absolute atomic E-state index is 0.0359. The van der Waals surface area contributed by atoms with E-state index in [4.69, 9.17) is 17.3 Å². The van der Waals surface area contributed by atoms with E-state index < -0.39 is 36.7 Å². The molecule has 5 N–H and O–H groups in total. The molecule has 15 heteroatoms. The average molecular weight is 604 g/mol. The van der Waals surface area contributed by atoms with Crippen molar-refractivity contribution in [2.75, 3.05) is 28.3 Å². The van der Waals surface area contributed by atoms with Crippen LogP contribution in [0, 0.1) is 0 Å². The summed E-state index contributed by atoms with van der Waals surface area (Å²) in [6.07, 6.45) is 0. The molecule has 0 aliphatic heterocycles. The molecule has 1 amide bonds. The Morgan fingerprint density at radius 2 is 1.70 bits per heavy atom. The number of nitrogens with zero attached hydrogens (tertiary/aromatic N) is 3. The standard InChI is InChI=1S/C25H22ClN5O7S2/c1-31(17-5-3-2-4-6-17)39(34,35)18-11-15-7-9-19(27)25(24(15)21(32)13-18)30-29-20-10-8-16(28-23(33)14-26)12-22(20)40(36,37)38/h2-13,32H,14,27H2,1H3,(H,28,33)(H,36,37,38)/b30-29-. The number of hydrogen-bond acceptors (Lipinski definition) is 9. The summed E-state index contributed by atoms with van der Waals surface area (Å²) in [7, 11) is -7.49. The zero-order chi connectivity index (χ0) is 29.2. The maximum Gasteiger partial charge on any atom is 0.296 e. The fraction of sp³-hybridized carbons (Fsp3) is 0.0800. The van der Waals surface area contributed by atoms with E-state index in [0.29, 0.717) is 5.69 Å². The summed E-state index contributed by atoms with van der Waals surface area (Å²) in [6, 6.07) is 17.1. The molecule has 4 rings (SSSR count). The molecule has 40 heavy (non-hydrogen) atoms. The molecule has 0 radical (unpaired) electrons. The Kier molecular flexibility index (Phi) is 7.98. The lowest BCUT2D eigenvalue weighted by Crippen LogP contribution is -2.26. The number of phenols is 1. The molecule has 0 unspecified atom stereocenters. The summed E-state index contributed by atoms with van der Waals surface area (Å²) in [5, 5.41) is 21.5. The number of halogens is 1. The molecule has 0 saturated carbocycles. The smallest absolute Gasteiger partial charge is 0.296 e. The van der Waals surface area contributed by atoms with Gasteiger partial charge >= 0.3 is 0 Å². The lowest BCUT2D eigenvalue weighted by molar-refractivity contribution is -0.113. The molecule has 0 aromatic heterocycles. The van der Waals surface area contributed by atoms with Gasteiger partial charge in [-0.25, -0.2) is 8.42 Å². The number of carbonyl (C=O) groups is 1. The van der Waals surface area contributed by atoms with Crippen LogP contribution >= 0.6 is 11.6 Å². The highest BCUT2D eigenvalue weighted by atomic mass is 35.5. The maximum atomic E-state index is 13.3. The van der Waals surface area contributed by atoms with Crippen LogP contribution in [0.15, 0.2) is 92.8 Å². The third-order valence-electron chi connectivity index (χ3n) is 5.75. The van der Waals surface area contributed by atoms with E-state index >= 15 is 0 Å². The molecule has 0 saturated heterocycles. The summed E-state index contributed by atoms with van der Waals surface area (Å²) >= 11 is 5.45. The van der Waals surface area contributed by atoms with Crippen LogP contribution < -0.4 is 15.4 Å². The third kappa shape index (κ3) is 5.84. The zero-order valence-corrected chi connectivity index (χ0v) is 23.1. The Labute approximate surface area is 234 Å². The molecule has 4 aromatic carbocycles. The van der Waals surface area contributed by atoms with E-state index in [1.807, 2.05) is 0 Å². The zero-order valence-electron chi connectivity index (χ0n) is 20.7. The summed E-state index contributed by atoms with van der Waals surface area (Å²) in [6.45, 7) is 0. The van der Waals surface area contributed by atoms with Gasteiger partial charge in [-0.1, -0.05) is 24.3 Å². The first kappa shape index (κ1) is 28.8. The second kappa shape index (κ2) is 11.1. The largest absolute Gasteiger partial charge is 0.507 e.